The van der Waals surface area contributed by atoms with Crippen molar-refractivity contribution in [3.63, 3.8) is 0 Å². The maximum Gasteiger partial charge on any atom is 0.271 e. The smallest absolute Gasteiger partial charge is 0.271 e. The summed E-state index contributed by atoms with van der Waals surface area (Å²) in [6.07, 6.45) is 1.95. The molecule has 7 nitrogen and oxygen atoms in total. The van der Waals surface area contributed by atoms with E-state index < -0.39 is 6.04 Å². The molecule has 0 unspecified atom stereocenters. The zero-order valence-corrected chi connectivity index (χ0v) is 28.3. The molecule has 0 saturated heterocycles. The minimum absolute atomic E-state index is 0.190. The van der Waals surface area contributed by atoms with Crippen molar-refractivity contribution >= 4 is 29.0 Å². The Morgan fingerprint density at radius 3 is 2.24 bits per heavy atom. The minimum atomic E-state index is -0.669. The lowest BCUT2D eigenvalue weighted by molar-refractivity contribution is -0.113. The minimum Gasteiger partial charge on any atom is -0.497 e. The van der Waals surface area contributed by atoms with E-state index in [0.717, 1.165) is 45.0 Å². The molecule has 0 spiro atoms. The number of ether oxygens (including phenoxy) is 1. The molecule has 0 saturated carbocycles. The van der Waals surface area contributed by atoms with E-state index in [2.05, 4.69) is 61.8 Å². The molecule has 5 aromatic rings. The van der Waals surface area contributed by atoms with Crippen molar-refractivity contribution < 1.29 is 9.53 Å². The van der Waals surface area contributed by atoms with Gasteiger partial charge in [-0.2, -0.15) is 0 Å². The fourth-order valence-electron chi connectivity index (χ4n) is 6.41. The summed E-state index contributed by atoms with van der Waals surface area (Å²) in [6.45, 7) is 14.2. The van der Waals surface area contributed by atoms with Crippen LogP contribution in [-0.4, -0.2) is 22.2 Å². The van der Waals surface area contributed by atoms with Crippen LogP contribution in [0, 0.1) is 41.5 Å². The molecule has 234 valence electrons. The van der Waals surface area contributed by atoms with Crippen molar-refractivity contribution in [2.45, 2.75) is 54.5 Å². The number of carbonyl (C=O) groups is 1. The van der Waals surface area contributed by atoms with Crippen molar-refractivity contribution in [3.05, 3.63) is 142 Å². The molecular weight excluding hydrogens is 593 g/mol. The monoisotopic (exact) mass is 630 g/mol. The van der Waals surface area contributed by atoms with Gasteiger partial charge in [-0.3, -0.25) is 14.2 Å². The van der Waals surface area contributed by atoms with Crippen molar-refractivity contribution in [2.24, 2.45) is 4.99 Å². The molecule has 0 radical (unpaired) electrons. The van der Waals surface area contributed by atoms with E-state index in [1.807, 2.05) is 69.3 Å². The first-order valence-corrected chi connectivity index (χ1v) is 16.1. The number of aromatic nitrogens is 2. The number of rotatable bonds is 6. The Labute approximate surface area is 272 Å². The molecule has 0 fully saturated rings. The molecule has 1 N–H and O–H groups in total. The second-order valence-electron chi connectivity index (χ2n) is 12.1. The van der Waals surface area contributed by atoms with E-state index in [-0.39, 0.29) is 11.5 Å². The zero-order chi connectivity index (χ0) is 32.9. The van der Waals surface area contributed by atoms with Crippen LogP contribution in [0.3, 0.4) is 0 Å². The number of anilines is 1. The maximum absolute atomic E-state index is 14.3. The van der Waals surface area contributed by atoms with E-state index >= 15 is 0 Å². The van der Waals surface area contributed by atoms with Gasteiger partial charge in [-0.25, -0.2) is 4.99 Å². The quantitative estimate of drug-likeness (QED) is 0.232. The van der Waals surface area contributed by atoms with Crippen LogP contribution in [0.5, 0.6) is 5.75 Å². The molecule has 1 aliphatic heterocycles. The summed E-state index contributed by atoms with van der Waals surface area (Å²) in [7, 11) is 1.61. The van der Waals surface area contributed by atoms with Gasteiger partial charge in [0.1, 0.15) is 5.75 Å². The first kappa shape index (κ1) is 31.0. The van der Waals surface area contributed by atoms with Gasteiger partial charge in [0, 0.05) is 22.8 Å². The fraction of sp³-hybridized carbons (Fsp3) is 0.237. The van der Waals surface area contributed by atoms with Gasteiger partial charge in [0.15, 0.2) is 4.80 Å². The third-order valence-electron chi connectivity index (χ3n) is 8.55. The molecular formula is C38H38N4O3S. The summed E-state index contributed by atoms with van der Waals surface area (Å²) in [5, 5.41) is 3.09. The van der Waals surface area contributed by atoms with Crippen LogP contribution in [0.25, 0.3) is 11.8 Å². The van der Waals surface area contributed by atoms with E-state index in [9.17, 15) is 9.59 Å². The molecule has 0 aliphatic carbocycles. The maximum atomic E-state index is 14.3. The highest BCUT2D eigenvalue weighted by Gasteiger charge is 2.33. The molecule has 8 heteroatoms. The van der Waals surface area contributed by atoms with Crippen LogP contribution in [0.1, 0.15) is 57.7 Å². The van der Waals surface area contributed by atoms with Crippen LogP contribution in [0.15, 0.2) is 87.8 Å². The van der Waals surface area contributed by atoms with Crippen molar-refractivity contribution in [3.8, 4) is 11.4 Å². The van der Waals surface area contributed by atoms with E-state index in [0.29, 0.717) is 26.4 Å². The number of nitrogens with one attached hydrogen (secondary N) is 1. The lowest BCUT2D eigenvalue weighted by Gasteiger charge is -2.25. The predicted octanol–water partition coefficient (Wildman–Crippen LogP) is 6.52. The molecule has 3 heterocycles. The molecule has 1 atom stereocenters. The summed E-state index contributed by atoms with van der Waals surface area (Å²) in [5.41, 5.74) is 11.0. The Morgan fingerprint density at radius 1 is 0.891 bits per heavy atom. The average Bonchev–Trinajstić information content (AvgIpc) is 3.46. The molecule has 2 aromatic heterocycles. The van der Waals surface area contributed by atoms with Crippen LogP contribution in [-0.2, 0) is 4.79 Å². The summed E-state index contributed by atoms with van der Waals surface area (Å²) in [5.74, 6) is 0.401. The second kappa shape index (κ2) is 12.1. The Bertz CT molecular complexity index is 2210. The topological polar surface area (TPSA) is 77.6 Å². The standard InChI is InChI=1S/C38H38N4O3S/c1-21-9-14-32(24(4)16-21)40-36(43)34-26(6)39-38-42(35(34)28-10-12-31(45-8)13-11-28)37(44)33(46-38)20-29-19-25(5)41(27(29)7)30-17-22(2)15-23(3)18-30/h9-20,35H,1-8H3,(H,40,43)/b33-20+/t35-/m1/s1. The van der Waals surface area contributed by atoms with Gasteiger partial charge in [-0.05, 0) is 119 Å². The number of nitrogens with zero attached hydrogens (tertiary/aromatic N) is 3. The molecule has 6 rings (SSSR count). The average molecular weight is 631 g/mol. The van der Waals surface area contributed by atoms with Gasteiger partial charge in [0.25, 0.3) is 11.5 Å². The van der Waals surface area contributed by atoms with Gasteiger partial charge in [0.2, 0.25) is 0 Å². The normalized spacial score (nSPS) is 14.7. The highest BCUT2D eigenvalue weighted by atomic mass is 32.1. The van der Waals surface area contributed by atoms with Crippen molar-refractivity contribution in [2.75, 3.05) is 12.4 Å². The van der Waals surface area contributed by atoms with Gasteiger partial charge in [0.05, 0.1) is 29.0 Å². The number of allylic oxidation sites excluding steroid dienone is 1. The van der Waals surface area contributed by atoms with E-state index in [4.69, 9.17) is 9.73 Å². The largest absolute Gasteiger partial charge is 0.497 e. The third-order valence-corrected chi connectivity index (χ3v) is 9.53. The highest BCUT2D eigenvalue weighted by molar-refractivity contribution is 7.07. The summed E-state index contributed by atoms with van der Waals surface area (Å²) in [6, 6.07) is 21.4. The molecule has 1 amide bonds. The fourth-order valence-corrected chi connectivity index (χ4v) is 7.45. The van der Waals surface area contributed by atoms with Gasteiger partial charge in [-0.1, -0.05) is 47.2 Å². The number of hydrogen-bond acceptors (Lipinski definition) is 5. The molecule has 46 heavy (non-hydrogen) atoms. The Morgan fingerprint density at radius 2 is 1.59 bits per heavy atom. The van der Waals surface area contributed by atoms with Crippen LogP contribution in [0.2, 0.25) is 0 Å². The summed E-state index contributed by atoms with van der Waals surface area (Å²) < 4.78 is 9.84. The Balaban J connectivity index is 1.49. The van der Waals surface area contributed by atoms with E-state index in [1.165, 1.54) is 22.5 Å². The SMILES string of the molecule is COc1ccc([C@@H]2C(C(=O)Nc3ccc(C)cc3C)=C(C)N=c3s/c(=C/c4cc(C)n(-c5cc(C)cc(C)c5)c4C)c(=O)n32)cc1. The number of thiazole rings is 1. The summed E-state index contributed by atoms with van der Waals surface area (Å²) in [4.78, 5) is 33.7. The summed E-state index contributed by atoms with van der Waals surface area (Å²) >= 11 is 1.34. The predicted molar refractivity (Wildman–Crippen MR) is 186 cm³/mol. The van der Waals surface area contributed by atoms with Crippen LogP contribution < -0.4 is 24.9 Å². The zero-order valence-electron chi connectivity index (χ0n) is 27.5. The van der Waals surface area contributed by atoms with Gasteiger partial charge >= 0.3 is 0 Å². The van der Waals surface area contributed by atoms with Crippen molar-refractivity contribution in [1.82, 2.24) is 9.13 Å². The molecule has 0 bridgehead atoms. The van der Waals surface area contributed by atoms with Crippen LogP contribution in [0.4, 0.5) is 5.69 Å². The Kier molecular flexibility index (Phi) is 8.17. The van der Waals surface area contributed by atoms with E-state index in [1.54, 1.807) is 11.7 Å². The third kappa shape index (κ3) is 5.65. The lowest BCUT2D eigenvalue weighted by atomic mass is 9.95. The lowest BCUT2D eigenvalue weighted by Crippen LogP contribution is -2.40. The second-order valence-corrected chi connectivity index (χ2v) is 13.1. The number of methoxy groups -OCH3 is 1. The number of amides is 1. The Hall–Kier alpha value is -4.95. The number of hydrogen-bond donors (Lipinski definition) is 1. The number of aryl methyl sites for hydroxylation is 5. The first-order valence-electron chi connectivity index (χ1n) is 15.3. The molecule has 3 aromatic carbocycles. The number of fused-ring (bicyclic) bond motifs is 1. The van der Waals surface area contributed by atoms with Gasteiger partial charge in [-0.15, -0.1) is 0 Å². The first-order chi connectivity index (χ1) is 21.9. The number of carbonyl (C=O) groups excluding carboxylic acids is 1. The highest BCUT2D eigenvalue weighted by Crippen LogP contribution is 2.32. The van der Waals surface area contributed by atoms with Crippen molar-refractivity contribution in [1.29, 1.82) is 0 Å². The van der Waals surface area contributed by atoms with Gasteiger partial charge < -0.3 is 14.6 Å². The molecule has 1 aliphatic rings. The van der Waals surface area contributed by atoms with Crippen LogP contribution >= 0.6 is 11.3 Å². The number of benzene rings is 3.